The average molecular weight is 517 g/mol. The fourth-order valence-electron chi connectivity index (χ4n) is 4.07. The molecule has 0 radical (unpaired) electrons. The van der Waals surface area contributed by atoms with E-state index < -0.39 is 42.1 Å². The van der Waals surface area contributed by atoms with Gasteiger partial charge in [0.05, 0.1) is 6.04 Å². The Morgan fingerprint density at radius 2 is 1.72 bits per heavy atom. The molecule has 0 fully saturated rings. The molecule has 2 aromatic heterocycles. The van der Waals surface area contributed by atoms with E-state index in [0.717, 1.165) is 6.42 Å². The summed E-state index contributed by atoms with van der Waals surface area (Å²) in [7, 11) is 0. The molecule has 0 aromatic carbocycles. The zero-order valence-electron chi connectivity index (χ0n) is 21.2. The number of aliphatic imine (C=N–C) groups is 1. The fourth-order valence-corrected chi connectivity index (χ4v) is 5.05. The lowest BCUT2D eigenvalue weighted by Gasteiger charge is -2.22. The van der Waals surface area contributed by atoms with Crippen LogP contribution in [0, 0.1) is 11.8 Å². The van der Waals surface area contributed by atoms with E-state index in [9.17, 15) is 14.4 Å². The van der Waals surface area contributed by atoms with E-state index in [4.69, 9.17) is 9.15 Å². The maximum atomic E-state index is 13.1. The van der Waals surface area contributed by atoms with E-state index in [1.165, 1.54) is 17.6 Å². The number of thiazole rings is 1. The van der Waals surface area contributed by atoms with Crippen LogP contribution in [0.15, 0.2) is 21.1 Å². The summed E-state index contributed by atoms with van der Waals surface area (Å²) in [6.45, 7) is 11.3. The first-order chi connectivity index (χ1) is 17.1. The van der Waals surface area contributed by atoms with Crippen molar-refractivity contribution in [3.63, 3.8) is 0 Å². The van der Waals surface area contributed by atoms with Crippen LogP contribution < -0.4 is 16.0 Å². The van der Waals surface area contributed by atoms with Crippen molar-refractivity contribution >= 4 is 35.0 Å². The van der Waals surface area contributed by atoms with Crippen molar-refractivity contribution in [2.75, 3.05) is 0 Å². The van der Waals surface area contributed by atoms with Gasteiger partial charge in [-0.1, -0.05) is 34.1 Å². The lowest BCUT2D eigenvalue weighted by atomic mass is 9.99. The molecule has 4 heterocycles. The van der Waals surface area contributed by atoms with Crippen LogP contribution in [0.5, 0.6) is 0 Å². The zero-order valence-corrected chi connectivity index (χ0v) is 22.0. The first kappa shape index (κ1) is 25.8. The van der Waals surface area contributed by atoms with Crippen molar-refractivity contribution in [3.8, 4) is 0 Å². The van der Waals surface area contributed by atoms with Gasteiger partial charge in [-0.25, -0.2) is 15.0 Å². The van der Waals surface area contributed by atoms with Crippen molar-refractivity contribution in [1.29, 1.82) is 0 Å². The summed E-state index contributed by atoms with van der Waals surface area (Å²) in [6.07, 6.45) is 1.54. The number of carbonyl (C=O) groups is 3. The van der Waals surface area contributed by atoms with Gasteiger partial charge in [0.1, 0.15) is 35.2 Å². The number of amides is 3. The molecule has 194 valence electrons. The normalized spacial score (nSPS) is 27.8. The van der Waals surface area contributed by atoms with Crippen LogP contribution in [0.25, 0.3) is 0 Å². The molecule has 3 N–H and O–H groups in total. The van der Waals surface area contributed by atoms with Gasteiger partial charge in [-0.3, -0.25) is 14.4 Å². The summed E-state index contributed by atoms with van der Waals surface area (Å²) >= 11 is 1.30. The topological polar surface area (TPSA) is 148 Å². The van der Waals surface area contributed by atoms with E-state index in [1.54, 1.807) is 19.2 Å². The monoisotopic (exact) mass is 516 g/mol. The largest absolute Gasteiger partial charge is 0.474 e. The standard InChI is InChI=1S/C24H32N6O5S/c1-7-11(4)17-24-27-15(9-36-24)20(32)25-12(5)22-30-18(13(6)35-22)21(33)28-16(10(2)3)23-26-14(8-34-23)19(31)29-17/h8-13,16-18H,7H2,1-6H3,(H,25,32)(H,28,33)(H,29,31)/t11-,12-,13+,16?,17+,18-/m0/s1. The number of fused-ring (bicyclic) bond motifs is 5. The minimum atomic E-state index is -0.806. The van der Waals surface area contributed by atoms with Crippen LogP contribution in [-0.4, -0.2) is 51.8 Å². The maximum Gasteiger partial charge on any atom is 0.273 e. The summed E-state index contributed by atoms with van der Waals surface area (Å²) in [6, 6.07) is -2.37. The second-order valence-electron chi connectivity index (χ2n) is 9.64. The third-order valence-corrected chi connectivity index (χ3v) is 7.44. The van der Waals surface area contributed by atoms with Crippen LogP contribution in [0.2, 0.25) is 0 Å². The van der Waals surface area contributed by atoms with Crippen LogP contribution in [0.3, 0.4) is 0 Å². The first-order valence-corrected chi connectivity index (χ1v) is 13.0. The number of rotatable bonds is 3. The molecule has 0 saturated heterocycles. The molecule has 6 bridgehead atoms. The summed E-state index contributed by atoms with van der Waals surface area (Å²) in [4.78, 5) is 52.5. The quantitative estimate of drug-likeness (QED) is 0.568. The molecule has 36 heavy (non-hydrogen) atoms. The van der Waals surface area contributed by atoms with Crippen molar-refractivity contribution in [2.24, 2.45) is 16.8 Å². The highest BCUT2D eigenvalue weighted by Gasteiger charge is 2.38. The maximum absolute atomic E-state index is 13.1. The van der Waals surface area contributed by atoms with Crippen molar-refractivity contribution < 1.29 is 23.5 Å². The van der Waals surface area contributed by atoms with E-state index >= 15 is 0 Å². The molecule has 12 heteroatoms. The fraction of sp³-hybridized carbons (Fsp3) is 0.583. The van der Waals surface area contributed by atoms with Crippen molar-refractivity contribution in [2.45, 2.75) is 78.2 Å². The second kappa shape index (κ2) is 10.4. The number of ether oxygens (including phenoxy) is 1. The number of aromatic nitrogens is 2. The lowest BCUT2D eigenvalue weighted by molar-refractivity contribution is -0.124. The Balaban J connectivity index is 1.74. The van der Waals surface area contributed by atoms with Crippen molar-refractivity contribution in [1.82, 2.24) is 25.9 Å². The molecule has 2 aromatic rings. The third kappa shape index (κ3) is 5.13. The van der Waals surface area contributed by atoms with Crippen LogP contribution in [-0.2, 0) is 9.53 Å². The van der Waals surface area contributed by atoms with E-state index in [-0.39, 0.29) is 40.9 Å². The smallest absolute Gasteiger partial charge is 0.273 e. The lowest BCUT2D eigenvalue weighted by Crippen LogP contribution is -2.41. The molecule has 2 aliphatic heterocycles. The molecule has 4 rings (SSSR count). The van der Waals surface area contributed by atoms with Gasteiger partial charge < -0.3 is 25.1 Å². The Kier molecular flexibility index (Phi) is 7.43. The SMILES string of the molecule is CC[C@H](C)[C@H]1NC(=O)c2coc(n2)C(C(C)C)NC(=O)[C@H]2N=C(O[C@@H]2C)[C@H](C)NC(=O)c2csc1n2. The Morgan fingerprint density at radius 3 is 2.42 bits per heavy atom. The minimum Gasteiger partial charge on any atom is -0.474 e. The number of nitrogens with zero attached hydrogens (tertiary/aromatic N) is 3. The summed E-state index contributed by atoms with van der Waals surface area (Å²) in [5, 5.41) is 11.1. The van der Waals surface area contributed by atoms with Gasteiger partial charge in [0.15, 0.2) is 11.7 Å². The minimum absolute atomic E-state index is 0.0502. The average Bonchev–Trinajstić information content (AvgIpc) is 3.59. The Hall–Kier alpha value is -3.28. The molecule has 6 atom stereocenters. The number of hydrogen-bond acceptors (Lipinski definition) is 9. The predicted molar refractivity (Wildman–Crippen MR) is 133 cm³/mol. The Labute approximate surface area is 213 Å². The highest BCUT2D eigenvalue weighted by molar-refractivity contribution is 7.09. The molecular formula is C24H32N6O5S. The van der Waals surface area contributed by atoms with Crippen LogP contribution in [0.4, 0.5) is 0 Å². The molecule has 1 unspecified atom stereocenters. The van der Waals surface area contributed by atoms with Crippen molar-refractivity contribution in [3.05, 3.63) is 33.9 Å². The molecule has 0 spiro atoms. The van der Waals surface area contributed by atoms with Crippen LogP contribution >= 0.6 is 11.3 Å². The highest BCUT2D eigenvalue weighted by Crippen LogP contribution is 2.29. The molecule has 3 amide bonds. The molecular weight excluding hydrogens is 484 g/mol. The van der Waals surface area contributed by atoms with Crippen LogP contribution in [0.1, 0.15) is 91.9 Å². The van der Waals surface area contributed by atoms with Gasteiger partial charge in [0, 0.05) is 5.38 Å². The van der Waals surface area contributed by atoms with E-state index in [1.807, 2.05) is 27.7 Å². The van der Waals surface area contributed by atoms with Gasteiger partial charge in [-0.2, -0.15) is 0 Å². The first-order valence-electron chi connectivity index (χ1n) is 12.2. The van der Waals surface area contributed by atoms with Gasteiger partial charge in [0.2, 0.25) is 17.7 Å². The summed E-state index contributed by atoms with van der Waals surface area (Å²) in [5.74, 6) is -0.694. The summed E-state index contributed by atoms with van der Waals surface area (Å²) in [5.41, 5.74) is 0.329. The van der Waals surface area contributed by atoms with Gasteiger partial charge in [-0.05, 0) is 25.7 Å². The Morgan fingerprint density at radius 1 is 1.00 bits per heavy atom. The molecule has 0 aliphatic carbocycles. The third-order valence-electron chi connectivity index (χ3n) is 6.51. The molecule has 0 saturated carbocycles. The Bertz CT molecular complexity index is 1170. The number of hydrogen-bond donors (Lipinski definition) is 3. The summed E-state index contributed by atoms with van der Waals surface area (Å²) < 4.78 is 11.5. The number of carbonyl (C=O) groups excluding carboxylic acids is 3. The van der Waals surface area contributed by atoms with E-state index in [0.29, 0.717) is 5.01 Å². The van der Waals surface area contributed by atoms with Gasteiger partial charge >= 0.3 is 0 Å². The van der Waals surface area contributed by atoms with Gasteiger partial charge in [-0.15, -0.1) is 11.3 Å². The van der Waals surface area contributed by atoms with Gasteiger partial charge in [0.25, 0.3) is 11.8 Å². The molecule has 11 nitrogen and oxygen atoms in total. The van der Waals surface area contributed by atoms with E-state index in [2.05, 4.69) is 30.9 Å². The molecule has 2 aliphatic rings. The highest BCUT2D eigenvalue weighted by atomic mass is 32.1. The zero-order chi connectivity index (χ0) is 26.1. The number of oxazole rings is 1. The predicted octanol–water partition coefficient (Wildman–Crippen LogP) is 2.78. The second-order valence-corrected chi connectivity index (χ2v) is 10.5. The number of nitrogens with one attached hydrogen (secondary N) is 3.